The van der Waals surface area contributed by atoms with Gasteiger partial charge in [-0.3, -0.25) is 4.90 Å². The molecule has 0 aromatic rings. The maximum atomic E-state index is 5.27. The van der Waals surface area contributed by atoms with Crippen molar-refractivity contribution in [1.29, 1.82) is 0 Å². The van der Waals surface area contributed by atoms with Gasteiger partial charge in [-0.25, -0.2) is 0 Å². The molecule has 2 atom stereocenters. The van der Waals surface area contributed by atoms with Crippen molar-refractivity contribution in [2.75, 3.05) is 39.9 Å². The minimum atomic E-state index is 0.456. The fourth-order valence-corrected chi connectivity index (χ4v) is 2.90. The van der Waals surface area contributed by atoms with E-state index in [1.54, 1.807) is 7.11 Å². The summed E-state index contributed by atoms with van der Waals surface area (Å²) >= 11 is 0. The van der Waals surface area contributed by atoms with Crippen LogP contribution >= 0.6 is 0 Å². The lowest BCUT2D eigenvalue weighted by Gasteiger charge is -2.40. The molecule has 0 spiro atoms. The first-order valence-corrected chi connectivity index (χ1v) is 7.49. The predicted molar refractivity (Wildman–Crippen MR) is 78.0 cm³/mol. The Bertz CT molecular complexity index is 225. The highest BCUT2D eigenvalue weighted by Crippen LogP contribution is 2.35. The molecular formula is C15H32N2O. The van der Waals surface area contributed by atoms with Crippen molar-refractivity contribution >= 4 is 0 Å². The molecule has 0 saturated carbocycles. The average Bonchev–Trinajstić information content (AvgIpc) is 2.83. The van der Waals surface area contributed by atoms with E-state index in [4.69, 9.17) is 4.74 Å². The van der Waals surface area contributed by atoms with Gasteiger partial charge in [0.1, 0.15) is 0 Å². The fraction of sp³-hybridized carbons (Fsp3) is 1.00. The maximum absolute atomic E-state index is 5.27. The van der Waals surface area contributed by atoms with E-state index in [1.807, 2.05) is 0 Å². The summed E-state index contributed by atoms with van der Waals surface area (Å²) in [6.07, 6.45) is 2.52. The molecule has 1 N–H and O–H groups in total. The van der Waals surface area contributed by atoms with Gasteiger partial charge < -0.3 is 10.1 Å². The summed E-state index contributed by atoms with van der Waals surface area (Å²) in [5.41, 5.74) is 0.456. The molecule has 1 heterocycles. The zero-order chi connectivity index (χ0) is 13.6. The van der Waals surface area contributed by atoms with E-state index in [0.29, 0.717) is 11.5 Å². The Morgan fingerprint density at radius 2 is 2.06 bits per heavy atom. The molecule has 18 heavy (non-hydrogen) atoms. The van der Waals surface area contributed by atoms with E-state index in [9.17, 15) is 0 Å². The minimum absolute atomic E-state index is 0.456. The molecular weight excluding hydrogens is 224 g/mol. The van der Waals surface area contributed by atoms with Crippen molar-refractivity contribution < 1.29 is 4.74 Å². The fourth-order valence-electron chi connectivity index (χ4n) is 2.90. The summed E-state index contributed by atoms with van der Waals surface area (Å²) in [6.45, 7) is 14.8. The van der Waals surface area contributed by atoms with Crippen LogP contribution in [-0.2, 0) is 4.74 Å². The predicted octanol–water partition coefficient (Wildman–Crippen LogP) is 2.37. The molecule has 0 bridgehead atoms. The third kappa shape index (κ3) is 3.94. The van der Waals surface area contributed by atoms with Gasteiger partial charge in [-0.2, -0.15) is 0 Å². The third-order valence-electron chi connectivity index (χ3n) is 4.82. The molecule has 1 aliphatic rings. The van der Waals surface area contributed by atoms with Crippen molar-refractivity contribution in [3.05, 3.63) is 0 Å². The van der Waals surface area contributed by atoms with Crippen molar-refractivity contribution in [2.45, 2.75) is 46.6 Å². The molecule has 1 fully saturated rings. The van der Waals surface area contributed by atoms with Crippen molar-refractivity contribution in [3.63, 3.8) is 0 Å². The highest BCUT2D eigenvalue weighted by molar-refractivity contribution is 4.93. The molecule has 1 rings (SSSR count). The Morgan fingerprint density at radius 3 is 2.50 bits per heavy atom. The number of methoxy groups -OCH3 is 1. The zero-order valence-electron chi connectivity index (χ0n) is 13.0. The van der Waals surface area contributed by atoms with Crippen LogP contribution in [0.15, 0.2) is 0 Å². The van der Waals surface area contributed by atoms with Gasteiger partial charge in [-0.1, -0.05) is 20.8 Å². The lowest BCUT2D eigenvalue weighted by atomic mass is 9.75. The Labute approximate surface area is 113 Å². The Balaban J connectivity index is 2.67. The molecule has 0 aromatic carbocycles. The normalized spacial score (nSPS) is 26.2. The maximum Gasteiger partial charge on any atom is 0.0589 e. The minimum Gasteiger partial charge on any atom is -0.383 e. The smallest absolute Gasteiger partial charge is 0.0589 e. The van der Waals surface area contributed by atoms with Crippen LogP contribution < -0.4 is 5.32 Å². The van der Waals surface area contributed by atoms with Crippen LogP contribution in [0.1, 0.15) is 40.5 Å². The van der Waals surface area contributed by atoms with Gasteiger partial charge in [0.2, 0.25) is 0 Å². The molecule has 0 aromatic heterocycles. The van der Waals surface area contributed by atoms with Crippen molar-refractivity contribution in [1.82, 2.24) is 10.2 Å². The van der Waals surface area contributed by atoms with Crippen LogP contribution in [0, 0.1) is 11.3 Å². The van der Waals surface area contributed by atoms with Crippen LogP contribution in [0.3, 0.4) is 0 Å². The topological polar surface area (TPSA) is 24.5 Å². The molecule has 1 saturated heterocycles. The first-order valence-electron chi connectivity index (χ1n) is 7.49. The number of nitrogens with one attached hydrogen (secondary N) is 1. The lowest BCUT2D eigenvalue weighted by Crippen LogP contribution is -2.47. The summed E-state index contributed by atoms with van der Waals surface area (Å²) in [6, 6.07) is 0.649. The Morgan fingerprint density at radius 1 is 1.33 bits per heavy atom. The number of hydrogen-bond acceptors (Lipinski definition) is 3. The molecule has 0 aliphatic carbocycles. The molecule has 0 radical (unpaired) electrons. The molecule has 2 unspecified atom stereocenters. The molecule has 3 heteroatoms. The van der Waals surface area contributed by atoms with Gasteiger partial charge in [0.05, 0.1) is 6.61 Å². The van der Waals surface area contributed by atoms with E-state index < -0.39 is 0 Å². The SMILES string of the molecule is CCC(C)N(CCOC)CC1(C(C)C)CCNC1. The first kappa shape index (κ1) is 15.9. The van der Waals surface area contributed by atoms with Crippen molar-refractivity contribution in [2.24, 2.45) is 11.3 Å². The van der Waals surface area contributed by atoms with E-state index >= 15 is 0 Å². The van der Waals surface area contributed by atoms with E-state index in [0.717, 1.165) is 19.1 Å². The second-order valence-corrected chi connectivity index (χ2v) is 6.16. The third-order valence-corrected chi connectivity index (χ3v) is 4.82. The van der Waals surface area contributed by atoms with Crippen LogP contribution in [0.25, 0.3) is 0 Å². The lowest BCUT2D eigenvalue weighted by molar-refractivity contribution is 0.0630. The molecule has 1 aliphatic heterocycles. The largest absolute Gasteiger partial charge is 0.383 e. The van der Waals surface area contributed by atoms with Gasteiger partial charge in [-0.15, -0.1) is 0 Å². The summed E-state index contributed by atoms with van der Waals surface area (Å²) in [4.78, 5) is 2.62. The van der Waals surface area contributed by atoms with Crippen LogP contribution in [0.5, 0.6) is 0 Å². The molecule has 0 amide bonds. The van der Waals surface area contributed by atoms with Crippen molar-refractivity contribution in [3.8, 4) is 0 Å². The Kier molecular flexibility index (Phi) is 6.61. The summed E-state index contributed by atoms with van der Waals surface area (Å²) in [7, 11) is 1.80. The second-order valence-electron chi connectivity index (χ2n) is 6.16. The highest BCUT2D eigenvalue weighted by Gasteiger charge is 2.38. The first-order chi connectivity index (χ1) is 8.55. The average molecular weight is 256 g/mol. The number of ether oxygens (including phenoxy) is 1. The zero-order valence-corrected chi connectivity index (χ0v) is 13.0. The van der Waals surface area contributed by atoms with E-state index in [2.05, 4.69) is 37.9 Å². The monoisotopic (exact) mass is 256 g/mol. The van der Waals surface area contributed by atoms with Crippen LogP contribution in [-0.4, -0.2) is 50.8 Å². The quantitative estimate of drug-likeness (QED) is 0.721. The van der Waals surface area contributed by atoms with Gasteiger partial charge in [0.25, 0.3) is 0 Å². The standard InChI is InChI=1S/C15H32N2O/c1-6-14(4)17(9-10-18-5)12-15(13(2)3)7-8-16-11-15/h13-14,16H,6-12H2,1-5H3. The van der Waals surface area contributed by atoms with Gasteiger partial charge in [0.15, 0.2) is 0 Å². The molecule has 108 valence electrons. The molecule has 3 nitrogen and oxygen atoms in total. The summed E-state index contributed by atoms with van der Waals surface area (Å²) in [5, 5.41) is 3.55. The summed E-state index contributed by atoms with van der Waals surface area (Å²) < 4.78 is 5.27. The second kappa shape index (κ2) is 7.46. The number of rotatable bonds is 8. The van der Waals surface area contributed by atoms with Crippen LogP contribution in [0.2, 0.25) is 0 Å². The Hall–Kier alpha value is -0.120. The summed E-state index contributed by atoms with van der Waals surface area (Å²) in [5.74, 6) is 0.738. The van der Waals surface area contributed by atoms with Gasteiger partial charge >= 0.3 is 0 Å². The van der Waals surface area contributed by atoms with E-state index in [-0.39, 0.29) is 0 Å². The van der Waals surface area contributed by atoms with Crippen LogP contribution in [0.4, 0.5) is 0 Å². The van der Waals surface area contributed by atoms with Gasteiger partial charge in [0, 0.05) is 32.8 Å². The van der Waals surface area contributed by atoms with Gasteiger partial charge in [-0.05, 0) is 37.6 Å². The number of hydrogen-bond donors (Lipinski definition) is 1. The number of nitrogens with zero attached hydrogens (tertiary/aromatic N) is 1. The highest BCUT2D eigenvalue weighted by atomic mass is 16.5. The van der Waals surface area contributed by atoms with E-state index in [1.165, 1.54) is 32.5 Å².